The largest absolute Gasteiger partial charge is 0.416 e. The number of hydrogen-bond donors (Lipinski definition) is 0. The summed E-state index contributed by atoms with van der Waals surface area (Å²) in [6.07, 6.45) is -3.13. The maximum Gasteiger partial charge on any atom is 0.416 e. The Kier molecular flexibility index (Phi) is 3.23. The van der Waals surface area contributed by atoms with Gasteiger partial charge in [-0.15, -0.1) is 0 Å². The minimum absolute atomic E-state index is 0.278. The molecule has 0 spiro atoms. The molecule has 1 atom stereocenters. The Balaban J connectivity index is 1.93. The van der Waals surface area contributed by atoms with Gasteiger partial charge in [0.1, 0.15) is 15.9 Å². The number of pyridine rings is 1. The Morgan fingerprint density at radius 3 is 2.65 bits per heavy atom. The molecule has 0 fully saturated rings. The number of aryl methyl sites for hydroxylation is 1. The Morgan fingerprint density at radius 2 is 1.87 bits per heavy atom. The number of hydrogen-bond acceptors (Lipinski definition) is 2. The third-order valence-corrected chi connectivity index (χ3v) is 4.60. The minimum atomic E-state index is -4.37. The lowest BCUT2D eigenvalue weighted by atomic mass is 9.98. The smallest absolute Gasteiger partial charge is 0.305 e. The molecule has 118 valence electrons. The van der Waals surface area contributed by atoms with Crippen LogP contribution in [0.5, 0.6) is 0 Å². The molecule has 2 aromatic heterocycles. The van der Waals surface area contributed by atoms with Crippen molar-refractivity contribution in [3.63, 3.8) is 0 Å². The number of halogens is 4. The predicted octanol–water partition coefficient (Wildman–Crippen LogP) is 4.75. The minimum Gasteiger partial charge on any atom is -0.305 e. The first-order valence-electron chi connectivity index (χ1n) is 7.14. The third kappa shape index (κ3) is 2.34. The molecule has 1 aliphatic rings. The summed E-state index contributed by atoms with van der Waals surface area (Å²) in [6.45, 7) is 0. The molecule has 4 rings (SSSR count). The van der Waals surface area contributed by atoms with Crippen molar-refractivity contribution in [1.82, 2.24) is 14.5 Å². The molecule has 0 N–H and O–H groups in total. The van der Waals surface area contributed by atoms with Gasteiger partial charge in [-0.25, -0.2) is 9.97 Å². The van der Waals surface area contributed by atoms with E-state index in [9.17, 15) is 13.2 Å². The fraction of sp³-hybridized carbons (Fsp3) is 0.250. The Morgan fingerprint density at radius 1 is 1.09 bits per heavy atom. The van der Waals surface area contributed by atoms with Gasteiger partial charge in [0.15, 0.2) is 5.65 Å². The average Bonchev–Trinajstić information content (AvgIpc) is 3.05. The van der Waals surface area contributed by atoms with Crippen LogP contribution in [0.2, 0.25) is 0 Å². The molecule has 1 unspecified atom stereocenters. The van der Waals surface area contributed by atoms with Crippen LogP contribution in [0.4, 0.5) is 13.2 Å². The number of alkyl halides is 3. The van der Waals surface area contributed by atoms with Gasteiger partial charge in [-0.05, 0) is 46.1 Å². The van der Waals surface area contributed by atoms with E-state index in [0.717, 1.165) is 11.9 Å². The van der Waals surface area contributed by atoms with E-state index in [1.807, 2.05) is 10.6 Å². The van der Waals surface area contributed by atoms with Crippen LogP contribution in [0.25, 0.3) is 11.2 Å². The fourth-order valence-electron chi connectivity index (χ4n) is 3.24. The second-order valence-corrected chi connectivity index (χ2v) is 6.33. The van der Waals surface area contributed by atoms with Crippen molar-refractivity contribution in [3.8, 4) is 0 Å². The van der Waals surface area contributed by atoms with Gasteiger partial charge < -0.3 is 4.57 Å². The molecule has 3 nitrogen and oxygen atoms in total. The van der Waals surface area contributed by atoms with Crippen molar-refractivity contribution in [3.05, 3.63) is 58.0 Å². The van der Waals surface area contributed by atoms with E-state index in [1.54, 1.807) is 18.2 Å². The summed E-state index contributed by atoms with van der Waals surface area (Å²) in [5.74, 6) is 0.785. The van der Waals surface area contributed by atoms with Gasteiger partial charge in [-0.1, -0.05) is 18.2 Å². The zero-order valence-electron chi connectivity index (χ0n) is 11.8. The Bertz CT molecular complexity index is 901. The molecule has 0 saturated carbocycles. The highest BCUT2D eigenvalue weighted by Crippen LogP contribution is 2.41. The highest BCUT2D eigenvalue weighted by atomic mass is 79.9. The van der Waals surface area contributed by atoms with Gasteiger partial charge in [0.25, 0.3) is 0 Å². The van der Waals surface area contributed by atoms with Gasteiger partial charge in [-0.3, -0.25) is 0 Å². The molecule has 0 saturated heterocycles. The van der Waals surface area contributed by atoms with Crippen molar-refractivity contribution in [2.24, 2.45) is 0 Å². The highest BCUT2D eigenvalue weighted by molar-refractivity contribution is 9.10. The Hall–Kier alpha value is -1.89. The molecular formula is C16H11BrF3N3. The van der Waals surface area contributed by atoms with Crippen LogP contribution >= 0.6 is 15.9 Å². The first kappa shape index (κ1) is 14.7. The first-order chi connectivity index (χ1) is 10.9. The quantitative estimate of drug-likeness (QED) is 0.569. The second kappa shape index (κ2) is 5.06. The predicted molar refractivity (Wildman–Crippen MR) is 83.1 cm³/mol. The van der Waals surface area contributed by atoms with E-state index < -0.39 is 17.8 Å². The van der Waals surface area contributed by atoms with E-state index in [1.165, 1.54) is 6.07 Å². The van der Waals surface area contributed by atoms with E-state index in [0.29, 0.717) is 28.6 Å². The molecule has 0 aliphatic carbocycles. The van der Waals surface area contributed by atoms with Crippen molar-refractivity contribution in [1.29, 1.82) is 0 Å². The van der Waals surface area contributed by atoms with Gasteiger partial charge in [0, 0.05) is 6.42 Å². The number of imidazole rings is 1. The first-order valence-corrected chi connectivity index (χ1v) is 7.94. The average molecular weight is 382 g/mol. The lowest BCUT2D eigenvalue weighted by Gasteiger charge is -2.19. The van der Waals surface area contributed by atoms with Crippen molar-refractivity contribution >= 4 is 27.1 Å². The summed E-state index contributed by atoms with van der Waals surface area (Å²) in [4.78, 5) is 8.91. The molecule has 7 heteroatoms. The van der Waals surface area contributed by atoms with E-state index in [-0.39, 0.29) is 5.56 Å². The van der Waals surface area contributed by atoms with Crippen LogP contribution in [-0.4, -0.2) is 14.5 Å². The standard InChI is InChI=1S/C16H11BrF3N3/c17-13-7-5-11-15(22-13)23-12(6-8-14(23)21-11)9-3-1-2-4-10(9)16(18,19)20/h1-5,7,12H,6,8H2. The van der Waals surface area contributed by atoms with Crippen molar-refractivity contribution < 1.29 is 13.2 Å². The number of rotatable bonds is 1. The SMILES string of the molecule is FC(F)(F)c1ccccc1C1CCc2nc3ccc(Br)nc3n21. The number of aromatic nitrogens is 3. The fourth-order valence-corrected chi connectivity index (χ4v) is 3.54. The third-order valence-electron chi connectivity index (χ3n) is 4.15. The lowest BCUT2D eigenvalue weighted by Crippen LogP contribution is -2.15. The summed E-state index contributed by atoms with van der Waals surface area (Å²) in [5, 5.41) is 0. The molecule has 1 aliphatic heterocycles. The molecule has 0 bridgehead atoms. The summed E-state index contributed by atoms with van der Waals surface area (Å²) in [6, 6.07) is 8.96. The van der Waals surface area contributed by atoms with Gasteiger partial charge >= 0.3 is 6.18 Å². The zero-order chi connectivity index (χ0) is 16.2. The molecule has 23 heavy (non-hydrogen) atoms. The molecule has 0 radical (unpaired) electrons. The van der Waals surface area contributed by atoms with Crippen molar-refractivity contribution in [2.75, 3.05) is 0 Å². The highest BCUT2D eigenvalue weighted by Gasteiger charge is 2.37. The number of benzene rings is 1. The molecule has 3 heterocycles. The van der Waals surface area contributed by atoms with Crippen LogP contribution in [0.1, 0.15) is 29.4 Å². The number of nitrogens with zero attached hydrogens (tertiary/aromatic N) is 3. The normalized spacial score (nSPS) is 17.7. The van der Waals surface area contributed by atoms with Crippen LogP contribution in [0.3, 0.4) is 0 Å². The van der Waals surface area contributed by atoms with Crippen LogP contribution in [0, 0.1) is 0 Å². The van der Waals surface area contributed by atoms with Crippen LogP contribution < -0.4 is 0 Å². The lowest BCUT2D eigenvalue weighted by molar-refractivity contribution is -0.138. The monoisotopic (exact) mass is 381 g/mol. The summed E-state index contributed by atoms with van der Waals surface area (Å²) >= 11 is 3.32. The van der Waals surface area contributed by atoms with Crippen LogP contribution in [-0.2, 0) is 12.6 Å². The molecule has 1 aromatic carbocycles. The number of fused-ring (bicyclic) bond motifs is 3. The van der Waals surface area contributed by atoms with E-state index in [4.69, 9.17) is 0 Å². The van der Waals surface area contributed by atoms with E-state index >= 15 is 0 Å². The van der Waals surface area contributed by atoms with Gasteiger partial charge in [0.05, 0.1) is 11.6 Å². The van der Waals surface area contributed by atoms with Crippen molar-refractivity contribution in [2.45, 2.75) is 25.1 Å². The molecule has 0 amide bonds. The summed E-state index contributed by atoms with van der Waals surface area (Å²) < 4.78 is 42.5. The van der Waals surface area contributed by atoms with Gasteiger partial charge in [0.2, 0.25) is 0 Å². The summed E-state index contributed by atoms with van der Waals surface area (Å²) in [5.41, 5.74) is 1.01. The van der Waals surface area contributed by atoms with Crippen LogP contribution in [0.15, 0.2) is 41.0 Å². The summed E-state index contributed by atoms with van der Waals surface area (Å²) in [7, 11) is 0. The maximum absolute atomic E-state index is 13.3. The Labute approximate surface area is 138 Å². The van der Waals surface area contributed by atoms with Gasteiger partial charge in [-0.2, -0.15) is 13.2 Å². The van der Waals surface area contributed by atoms with E-state index in [2.05, 4.69) is 25.9 Å². The second-order valence-electron chi connectivity index (χ2n) is 5.51. The molecular weight excluding hydrogens is 371 g/mol. The maximum atomic E-state index is 13.3. The zero-order valence-corrected chi connectivity index (χ0v) is 13.4. The topological polar surface area (TPSA) is 30.7 Å². The molecule has 3 aromatic rings.